The van der Waals surface area contributed by atoms with Crippen molar-refractivity contribution < 1.29 is 4.74 Å². The van der Waals surface area contributed by atoms with Crippen LogP contribution >= 0.6 is 23.2 Å². The second-order valence-corrected chi connectivity index (χ2v) is 3.98. The first-order valence-corrected chi connectivity index (χ1v) is 5.32. The van der Waals surface area contributed by atoms with Gasteiger partial charge in [0, 0.05) is 0 Å². The maximum absolute atomic E-state index is 6.02. The zero-order valence-electron chi connectivity index (χ0n) is 8.45. The zero-order chi connectivity index (χ0) is 11.5. The molecule has 0 N–H and O–H groups in total. The summed E-state index contributed by atoms with van der Waals surface area (Å²) in [6.07, 6.45) is 2.84. The first kappa shape index (κ1) is 11.2. The van der Waals surface area contributed by atoms with Crippen molar-refractivity contribution in [2.45, 2.75) is 6.92 Å². The summed E-state index contributed by atoms with van der Waals surface area (Å²) in [6, 6.07) is 5.49. The van der Waals surface area contributed by atoms with Crippen molar-refractivity contribution in [1.29, 1.82) is 0 Å². The standard InChI is InChI=1S/C11H8Cl2N2O/c1-7-2-3-9(8(12)4-7)16-10-5-14-6-15-11(10)13/h2-6H,1H3. The van der Waals surface area contributed by atoms with E-state index < -0.39 is 0 Å². The molecule has 0 saturated carbocycles. The lowest BCUT2D eigenvalue weighted by Crippen LogP contribution is -1.89. The fourth-order valence-corrected chi connectivity index (χ4v) is 1.58. The summed E-state index contributed by atoms with van der Waals surface area (Å²) in [7, 11) is 0. The van der Waals surface area contributed by atoms with Crippen LogP contribution < -0.4 is 4.74 Å². The summed E-state index contributed by atoms with van der Waals surface area (Å²) < 4.78 is 5.51. The number of rotatable bonds is 2. The number of benzene rings is 1. The van der Waals surface area contributed by atoms with E-state index in [1.54, 1.807) is 6.07 Å². The summed E-state index contributed by atoms with van der Waals surface area (Å²) in [5.74, 6) is 0.916. The number of ether oxygens (including phenoxy) is 1. The molecule has 2 aromatic rings. The van der Waals surface area contributed by atoms with Gasteiger partial charge in [-0.05, 0) is 24.6 Å². The molecule has 2 rings (SSSR count). The molecule has 0 atom stereocenters. The van der Waals surface area contributed by atoms with Gasteiger partial charge in [0.1, 0.15) is 12.1 Å². The Balaban J connectivity index is 2.31. The lowest BCUT2D eigenvalue weighted by Gasteiger charge is -2.08. The highest BCUT2D eigenvalue weighted by atomic mass is 35.5. The highest BCUT2D eigenvalue weighted by Gasteiger charge is 2.07. The highest BCUT2D eigenvalue weighted by molar-refractivity contribution is 6.32. The molecule has 1 heterocycles. The smallest absolute Gasteiger partial charge is 0.183 e. The molecule has 0 fully saturated rings. The average Bonchev–Trinajstić information content (AvgIpc) is 2.25. The van der Waals surface area contributed by atoms with E-state index in [0.717, 1.165) is 5.56 Å². The van der Waals surface area contributed by atoms with Crippen LogP contribution in [0.1, 0.15) is 5.56 Å². The van der Waals surface area contributed by atoms with Crippen molar-refractivity contribution in [2.24, 2.45) is 0 Å². The Morgan fingerprint density at radius 3 is 2.69 bits per heavy atom. The molecule has 5 heteroatoms. The van der Waals surface area contributed by atoms with Crippen LogP contribution in [0.5, 0.6) is 11.5 Å². The zero-order valence-corrected chi connectivity index (χ0v) is 9.96. The number of aryl methyl sites for hydroxylation is 1. The maximum atomic E-state index is 6.02. The van der Waals surface area contributed by atoms with Gasteiger partial charge in [0.05, 0.1) is 11.2 Å². The molecule has 0 aliphatic rings. The van der Waals surface area contributed by atoms with Gasteiger partial charge in [0.15, 0.2) is 10.9 Å². The Kier molecular flexibility index (Phi) is 3.27. The molecule has 0 aliphatic carbocycles. The first-order valence-electron chi connectivity index (χ1n) is 4.56. The van der Waals surface area contributed by atoms with Gasteiger partial charge < -0.3 is 4.74 Å². The van der Waals surface area contributed by atoms with Gasteiger partial charge in [0.2, 0.25) is 0 Å². The van der Waals surface area contributed by atoms with Crippen molar-refractivity contribution in [1.82, 2.24) is 9.97 Å². The second-order valence-electron chi connectivity index (χ2n) is 3.21. The van der Waals surface area contributed by atoms with Crippen LogP contribution in [0.4, 0.5) is 0 Å². The lowest BCUT2D eigenvalue weighted by molar-refractivity contribution is 0.478. The fourth-order valence-electron chi connectivity index (χ4n) is 1.18. The SMILES string of the molecule is Cc1ccc(Oc2cncnc2Cl)c(Cl)c1. The predicted octanol–water partition coefficient (Wildman–Crippen LogP) is 3.88. The fraction of sp³-hybridized carbons (Fsp3) is 0.0909. The summed E-state index contributed by atoms with van der Waals surface area (Å²) in [4.78, 5) is 7.63. The van der Waals surface area contributed by atoms with Gasteiger partial charge >= 0.3 is 0 Å². The monoisotopic (exact) mass is 254 g/mol. The van der Waals surface area contributed by atoms with E-state index in [1.807, 2.05) is 19.1 Å². The van der Waals surface area contributed by atoms with E-state index in [4.69, 9.17) is 27.9 Å². The van der Waals surface area contributed by atoms with Crippen LogP contribution in [-0.2, 0) is 0 Å². The summed E-state index contributed by atoms with van der Waals surface area (Å²) in [5, 5.41) is 0.784. The molecule has 1 aromatic carbocycles. The molecule has 16 heavy (non-hydrogen) atoms. The number of nitrogens with zero attached hydrogens (tertiary/aromatic N) is 2. The second kappa shape index (κ2) is 4.68. The van der Waals surface area contributed by atoms with Crippen molar-refractivity contribution in [3.63, 3.8) is 0 Å². The van der Waals surface area contributed by atoms with Crippen LogP contribution in [0.15, 0.2) is 30.7 Å². The molecule has 0 amide bonds. The topological polar surface area (TPSA) is 35.0 Å². The van der Waals surface area contributed by atoms with E-state index >= 15 is 0 Å². The van der Waals surface area contributed by atoms with Gasteiger partial charge in [-0.3, -0.25) is 0 Å². The minimum atomic E-state index is 0.256. The Morgan fingerprint density at radius 1 is 1.19 bits per heavy atom. The third kappa shape index (κ3) is 2.43. The van der Waals surface area contributed by atoms with Crippen molar-refractivity contribution in [3.8, 4) is 11.5 Å². The van der Waals surface area contributed by atoms with Crippen LogP contribution in [0.25, 0.3) is 0 Å². The molecular formula is C11H8Cl2N2O. The van der Waals surface area contributed by atoms with E-state index in [1.165, 1.54) is 12.5 Å². The Labute approximate surface area is 103 Å². The summed E-state index contributed by atoms with van der Waals surface area (Å²) in [6.45, 7) is 1.95. The van der Waals surface area contributed by atoms with Crippen LogP contribution in [0, 0.1) is 6.92 Å². The number of halogens is 2. The van der Waals surface area contributed by atoms with E-state index in [-0.39, 0.29) is 5.15 Å². The molecule has 0 saturated heterocycles. The minimum absolute atomic E-state index is 0.256. The molecular weight excluding hydrogens is 247 g/mol. The lowest BCUT2D eigenvalue weighted by atomic mass is 10.2. The van der Waals surface area contributed by atoms with Gasteiger partial charge in [-0.15, -0.1) is 0 Å². The van der Waals surface area contributed by atoms with Crippen molar-refractivity contribution in [2.75, 3.05) is 0 Å². The highest BCUT2D eigenvalue weighted by Crippen LogP contribution is 2.32. The minimum Gasteiger partial charge on any atom is -0.451 e. The largest absolute Gasteiger partial charge is 0.451 e. The third-order valence-electron chi connectivity index (χ3n) is 1.94. The van der Waals surface area contributed by atoms with Gasteiger partial charge in [-0.2, -0.15) is 0 Å². The maximum Gasteiger partial charge on any atom is 0.183 e. The van der Waals surface area contributed by atoms with Crippen LogP contribution in [0.3, 0.4) is 0 Å². The van der Waals surface area contributed by atoms with Crippen LogP contribution in [-0.4, -0.2) is 9.97 Å². The summed E-state index contributed by atoms with van der Waals surface area (Å²) in [5.41, 5.74) is 1.06. The first-order chi connectivity index (χ1) is 7.66. The van der Waals surface area contributed by atoms with Gasteiger partial charge in [-0.25, -0.2) is 9.97 Å². The molecule has 0 radical (unpaired) electrons. The summed E-state index contributed by atoms with van der Waals surface area (Å²) >= 11 is 11.9. The third-order valence-corrected chi connectivity index (χ3v) is 2.52. The normalized spacial score (nSPS) is 10.2. The quantitative estimate of drug-likeness (QED) is 0.763. The molecule has 0 aliphatic heterocycles. The number of hydrogen-bond acceptors (Lipinski definition) is 3. The number of hydrogen-bond donors (Lipinski definition) is 0. The van der Waals surface area contributed by atoms with E-state index in [2.05, 4.69) is 9.97 Å². The Morgan fingerprint density at radius 2 is 2.00 bits per heavy atom. The molecule has 0 bridgehead atoms. The average molecular weight is 255 g/mol. The van der Waals surface area contributed by atoms with E-state index in [9.17, 15) is 0 Å². The van der Waals surface area contributed by atoms with Gasteiger partial charge in [0.25, 0.3) is 0 Å². The predicted molar refractivity (Wildman–Crippen MR) is 63.3 cm³/mol. The van der Waals surface area contributed by atoms with E-state index in [0.29, 0.717) is 16.5 Å². The molecule has 0 spiro atoms. The molecule has 3 nitrogen and oxygen atoms in total. The Hall–Kier alpha value is -1.32. The molecule has 0 unspecified atom stereocenters. The number of aromatic nitrogens is 2. The van der Waals surface area contributed by atoms with Crippen molar-refractivity contribution in [3.05, 3.63) is 46.5 Å². The molecule has 1 aromatic heterocycles. The van der Waals surface area contributed by atoms with Crippen molar-refractivity contribution >= 4 is 23.2 Å². The Bertz CT molecular complexity index is 517. The van der Waals surface area contributed by atoms with Crippen LogP contribution in [0.2, 0.25) is 10.2 Å². The molecule has 82 valence electrons. The van der Waals surface area contributed by atoms with Gasteiger partial charge in [-0.1, -0.05) is 29.3 Å².